The van der Waals surface area contributed by atoms with Crippen LogP contribution in [0.5, 0.6) is 5.75 Å². The van der Waals surface area contributed by atoms with Gasteiger partial charge in [0.2, 0.25) is 0 Å². The monoisotopic (exact) mass is 336 g/mol. The molecule has 2 saturated heterocycles. The average molecular weight is 336 g/mol. The normalized spacial score (nSPS) is 28.4. The molecular formula is C18H25FN2O3. The molecule has 2 aliphatic heterocycles. The number of aliphatic carboxylic acids is 1. The molecule has 2 heterocycles. The summed E-state index contributed by atoms with van der Waals surface area (Å²) in [5.74, 6) is -0.787. The molecule has 132 valence electrons. The summed E-state index contributed by atoms with van der Waals surface area (Å²) in [6.07, 6.45) is 2.33. The molecule has 0 spiro atoms. The van der Waals surface area contributed by atoms with Crippen molar-refractivity contribution in [1.29, 1.82) is 0 Å². The molecule has 0 bridgehead atoms. The van der Waals surface area contributed by atoms with E-state index in [9.17, 15) is 14.3 Å². The smallest absolute Gasteiger partial charge is 0.311 e. The van der Waals surface area contributed by atoms with Gasteiger partial charge in [-0.05, 0) is 57.1 Å². The van der Waals surface area contributed by atoms with E-state index in [4.69, 9.17) is 4.74 Å². The van der Waals surface area contributed by atoms with Crippen LogP contribution in [0, 0.1) is 11.2 Å². The molecular weight excluding hydrogens is 311 g/mol. The fraction of sp³-hybridized carbons (Fsp3) is 0.611. The number of likely N-dealkylation sites (tertiary alicyclic amines) is 2. The number of carbonyl (C=O) groups is 1. The Balaban J connectivity index is 1.74. The Kier molecular flexibility index (Phi) is 4.78. The number of rotatable bonds is 4. The first-order valence-electron chi connectivity index (χ1n) is 8.45. The summed E-state index contributed by atoms with van der Waals surface area (Å²) in [5, 5.41) is 9.80. The topological polar surface area (TPSA) is 53.0 Å². The van der Waals surface area contributed by atoms with Gasteiger partial charge in [-0.2, -0.15) is 0 Å². The summed E-state index contributed by atoms with van der Waals surface area (Å²) in [4.78, 5) is 16.3. The molecule has 24 heavy (non-hydrogen) atoms. The highest BCUT2D eigenvalue weighted by Crippen LogP contribution is 2.42. The molecule has 2 atom stereocenters. The van der Waals surface area contributed by atoms with Gasteiger partial charge in [-0.15, -0.1) is 0 Å². The van der Waals surface area contributed by atoms with Crippen molar-refractivity contribution in [3.8, 4) is 5.75 Å². The third-order valence-corrected chi connectivity index (χ3v) is 5.66. The van der Waals surface area contributed by atoms with Crippen LogP contribution in [0.25, 0.3) is 0 Å². The molecule has 6 heteroatoms. The minimum absolute atomic E-state index is 0.0144. The second kappa shape index (κ2) is 6.69. The lowest BCUT2D eigenvalue weighted by atomic mass is 9.68. The number of carboxylic acids is 1. The number of carboxylic acid groups (broad SMARTS) is 1. The van der Waals surface area contributed by atoms with Crippen LogP contribution in [-0.4, -0.2) is 60.7 Å². The number of ether oxygens (including phenoxy) is 1. The van der Waals surface area contributed by atoms with E-state index in [0.717, 1.165) is 31.5 Å². The Labute approximate surface area is 142 Å². The predicted molar refractivity (Wildman–Crippen MR) is 88.6 cm³/mol. The first-order valence-corrected chi connectivity index (χ1v) is 8.45. The summed E-state index contributed by atoms with van der Waals surface area (Å²) in [5.41, 5.74) is 0.254. The summed E-state index contributed by atoms with van der Waals surface area (Å²) < 4.78 is 18.8. The maximum absolute atomic E-state index is 13.9. The van der Waals surface area contributed by atoms with E-state index in [1.54, 1.807) is 6.07 Å². The van der Waals surface area contributed by atoms with E-state index < -0.39 is 11.4 Å². The molecule has 0 aliphatic carbocycles. The van der Waals surface area contributed by atoms with Crippen molar-refractivity contribution in [3.05, 3.63) is 29.6 Å². The van der Waals surface area contributed by atoms with E-state index >= 15 is 0 Å². The average Bonchev–Trinajstić information content (AvgIpc) is 2.56. The number of hydrogen-bond donors (Lipinski definition) is 1. The van der Waals surface area contributed by atoms with Gasteiger partial charge in [0.05, 0.1) is 12.5 Å². The molecule has 2 aliphatic rings. The van der Waals surface area contributed by atoms with Gasteiger partial charge >= 0.3 is 5.97 Å². The highest BCUT2D eigenvalue weighted by Gasteiger charge is 2.52. The van der Waals surface area contributed by atoms with Crippen LogP contribution in [0.2, 0.25) is 0 Å². The second-order valence-electron chi connectivity index (χ2n) is 7.02. The van der Waals surface area contributed by atoms with Gasteiger partial charge in [0.15, 0.2) is 11.6 Å². The fourth-order valence-electron chi connectivity index (χ4n) is 4.25. The van der Waals surface area contributed by atoms with Crippen LogP contribution in [0.1, 0.15) is 24.8 Å². The molecule has 0 unspecified atom stereocenters. The van der Waals surface area contributed by atoms with Gasteiger partial charge in [-0.25, -0.2) is 4.39 Å². The van der Waals surface area contributed by atoms with Crippen molar-refractivity contribution in [2.24, 2.45) is 5.41 Å². The highest BCUT2D eigenvalue weighted by atomic mass is 19.1. The standard InChI is InChI=1S/C18H25FN2O3/c1-20-8-3-6-18(17(22)23)7-9-21(12-16(18)20)11-13-4-5-15(24-2)14(19)10-13/h4-5,10,16H,3,6-9,11-12H2,1-2H3,(H,22,23)/t16-,18+/m1/s1. The molecule has 1 N–H and O–H groups in total. The van der Waals surface area contributed by atoms with Gasteiger partial charge in [0.1, 0.15) is 0 Å². The van der Waals surface area contributed by atoms with Crippen LogP contribution in [0.15, 0.2) is 18.2 Å². The largest absolute Gasteiger partial charge is 0.494 e. The van der Waals surface area contributed by atoms with Crippen LogP contribution in [-0.2, 0) is 11.3 Å². The van der Waals surface area contributed by atoms with Gasteiger partial charge in [-0.1, -0.05) is 6.07 Å². The van der Waals surface area contributed by atoms with Gasteiger partial charge in [0, 0.05) is 19.1 Å². The van der Waals surface area contributed by atoms with Crippen LogP contribution < -0.4 is 4.74 Å². The number of fused-ring (bicyclic) bond motifs is 1. The number of halogens is 1. The van der Waals surface area contributed by atoms with E-state index in [2.05, 4.69) is 9.80 Å². The Hall–Kier alpha value is -1.66. The molecule has 0 aromatic heterocycles. The maximum atomic E-state index is 13.9. The minimum atomic E-state index is -0.672. The van der Waals surface area contributed by atoms with Crippen molar-refractivity contribution in [1.82, 2.24) is 9.80 Å². The number of methoxy groups -OCH3 is 1. The SMILES string of the molecule is COc1ccc(CN2CC[C@@]3(C(=O)O)CCCN(C)[C@@H]3C2)cc1F. The highest BCUT2D eigenvalue weighted by molar-refractivity contribution is 5.76. The first-order chi connectivity index (χ1) is 11.5. The Morgan fingerprint density at radius 2 is 2.21 bits per heavy atom. The zero-order valence-corrected chi connectivity index (χ0v) is 14.3. The molecule has 5 nitrogen and oxygen atoms in total. The van der Waals surface area contributed by atoms with Crippen LogP contribution in [0.3, 0.4) is 0 Å². The molecule has 1 aromatic carbocycles. The summed E-state index contributed by atoms with van der Waals surface area (Å²) >= 11 is 0. The van der Waals surface area contributed by atoms with Gasteiger partial charge in [-0.3, -0.25) is 9.69 Å². The Morgan fingerprint density at radius 3 is 2.88 bits per heavy atom. The molecule has 0 radical (unpaired) electrons. The fourth-order valence-corrected chi connectivity index (χ4v) is 4.25. The Bertz CT molecular complexity index is 624. The lowest BCUT2D eigenvalue weighted by molar-refractivity contribution is -0.162. The van der Waals surface area contributed by atoms with E-state index in [1.807, 2.05) is 13.1 Å². The minimum Gasteiger partial charge on any atom is -0.494 e. The number of benzene rings is 1. The lowest BCUT2D eigenvalue weighted by Gasteiger charge is -2.51. The number of hydrogen-bond acceptors (Lipinski definition) is 4. The summed E-state index contributed by atoms with van der Waals surface area (Å²) in [6.45, 7) is 2.99. The van der Waals surface area contributed by atoms with Crippen molar-refractivity contribution >= 4 is 5.97 Å². The molecule has 1 aromatic rings. The van der Waals surface area contributed by atoms with E-state index in [0.29, 0.717) is 19.5 Å². The number of likely N-dealkylation sites (N-methyl/N-ethyl adjacent to an activating group) is 1. The van der Waals surface area contributed by atoms with Gasteiger partial charge in [0.25, 0.3) is 0 Å². The molecule has 2 fully saturated rings. The summed E-state index contributed by atoms with van der Waals surface area (Å²) in [6, 6.07) is 5.03. The van der Waals surface area contributed by atoms with E-state index in [-0.39, 0.29) is 17.6 Å². The zero-order valence-electron chi connectivity index (χ0n) is 14.3. The quantitative estimate of drug-likeness (QED) is 0.914. The summed E-state index contributed by atoms with van der Waals surface area (Å²) in [7, 11) is 3.46. The van der Waals surface area contributed by atoms with E-state index in [1.165, 1.54) is 13.2 Å². The lowest BCUT2D eigenvalue weighted by Crippen LogP contribution is -2.62. The number of piperidine rings is 2. The Morgan fingerprint density at radius 1 is 1.42 bits per heavy atom. The maximum Gasteiger partial charge on any atom is 0.311 e. The van der Waals surface area contributed by atoms with Gasteiger partial charge < -0.3 is 14.7 Å². The molecule has 0 saturated carbocycles. The third kappa shape index (κ3) is 3.00. The van der Waals surface area contributed by atoms with Crippen molar-refractivity contribution in [2.75, 3.05) is 33.8 Å². The van der Waals surface area contributed by atoms with Crippen LogP contribution >= 0.6 is 0 Å². The first kappa shape index (κ1) is 17.2. The van der Waals surface area contributed by atoms with Crippen molar-refractivity contribution in [2.45, 2.75) is 31.8 Å². The second-order valence-corrected chi connectivity index (χ2v) is 7.02. The third-order valence-electron chi connectivity index (χ3n) is 5.66. The molecule has 3 rings (SSSR count). The zero-order chi connectivity index (χ0) is 17.3. The van der Waals surface area contributed by atoms with Crippen molar-refractivity contribution in [3.63, 3.8) is 0 Å². The molecule has 0 amide bonds. The number of nitrogens with zero attached hydrogens (tertiary/aromatic N) is 2. The van der Waals surface area contributed by atoms with Crippen molar-refractivity contribution < 1.29 is 19.0 Å². The van der Waals surface area contributed by atoms with Crippen LogP contribution in [0.4, 0.5) is 4.39 Å². The predicted octanol–water partition coefficient (Wildman–Crippen LogP) is 2.21.